The van der Waals surface area contributed by atoms with Crippen LogP contribution in [0.4, 0.5) is 0 Å². The molecule has 0 amide bonds. The molecule has 0 radical (unpaired) electrons. The van der Waals surface area contributed by atoms with Crippen LogP contribution >= 0.6 is 0 Å². The zero-order chi connectivity index (χ0) is 13.4. The topological polar surface area (TPSA) is 30.5 Å². The van der Waals surface area contributed by atoms with Gasteiger partial charge in [-0.2, -0.15) is 0 Å². The molecule has 1 rings (SSSR count). The zero-order valence-electron chi connectivity index (χ0n) is 12.6. The maximum Gasteiger partial charge on any atom is 0.0874 e. The van der Waals surface area contributed by atoms with Crippen LogP contribution in [0.2, 0.25) is 0 Å². The summed E-state index contributed by atoms with van der Waals surface area (Å²) in [6.07, 6.45) is 5.64. The number of rotatable bonds is 8. The fourth-order valence-corrected chi connectivity index (χ4v) is 2.78. The Bertz CT molecular complexity index is 215. The van der Waals surface area contributed by atoms with E-state index in [1.54, 1.807) is 0 Å². The van der Waals surface area contributed by atoms with Gasteiger partial charge in [0, 0.05) is 39.2 Å². The minimum Gasteiger partial charge on any atom is -0.381 e. The summed E-state index contributed by atoms with van der Waals surface area (Å²) in [4.78, 5) is 0. The summed E-state index contributed by atoms with van der Waals surface area (Å²) < 4.78 is 11.4. The molecule has 2 atom stereocenters. The smallest absolute Gasteiger partial charge is 0.0874 e. The summed E-state index contributed by atoms with van der Waals surface area (Å²) in [6.45, 7) is 9.56. The van der Waals surface area contributed by atoms with Crippen LogP contribution in [0.15, 0.2) is 0 Å². The number of methoxy groups -OCH3 is 1. The van der Waals surface area contributed by atoms with Crippen molar-refractivity contribution in [3.8, 4) is 0 Å². The van der Waals surface area contributed by atoms with E-state index in [1.165, 1.54) is 19.3 Å². The van der Waals surface area contributed by atoms with Gasteiger partial charge >= 0.3 is 0 Å². The molecule has 18 heavy (non-hydrogen) atoms. The van der Waals surface area contributed by atoms with Crippen LogP contribution in [0.3, 0.4) is 0 Å². The monoisotopic (exact) mass is 257 g/mol. The van der Waals surface area contributed by atoms with E-state index in [0.717, 1.165) is 38.5 Å². The van der Waals surface area contributed by atoms with Crippen molar-refractivity contribution in [1.82, 2.24) is 5.32 Å². The summed E-state index contributed by atoms with van der Waals surface area (Å²) >= 11 is 0. The van der Waals surface area contributed by atoms with E-state index in [4.69, 9.17) is 9.47 Å². The van der Waals surface area contributed by atoms with Crippen LogP contribution in [-0.4, -0.2) is 38.5 Å². The molecule has 0 aromatic rings. The first-order valence-corrected chi connectivity index (χ1v) is 7.54. The zero-order valence-corrected chi connectivity index (χ0v) is 12.6. The molecule has 0 aromatic heterocycles. The fourth-order valence-electron chi connectivity index (χ4n) is 2.78. The van der Waals surface area contributed by atoms with Crippen LogP contribution in [0.1, 0.15) is 52.9 Å². The molecule has 1 saturated heterocycles. The van der Waals surface area contributed by atoms with Gasteiger partial charge in [-0.3, -0.25) is 0 Å². The van der Waals surface area contributed by atoms with E-state index in [0.29, 0.717) is 6.04 Å². The van der Waals surface area contributed by atoms with E-state index < -0.39 is 0 Å². The second-order valence-electron chi connectivity index (χ2n) is 5.64. The molecule has 3 heteroatoms. The van der Waals surface area contributed by atoms with Crippen LogP contribution in [-0.2, 0) is 9.47 Å². The van der Waals surface area contributed by atoms with Gasteiger partial charge in [0.15, 0.2) is 0 Å². The molecular formula is C15H31NO2. The molecule has 2 unspecified atom stereocenters. The lowest BCUT2D eigenvalue weighted by atomic mass is 9.81. The molecule has 0 bridgehead atoms. The summed E-state index contributed by atoms with van der Waals surface area (Å²) in [5.41, 5.74) is -0.0170. The summed E-state index contributed by atoms with van der Waals surface area (Å²) in [7, 11) is 1.86. The quantitative estimate of drug-likeness (QED) is 0.725. The number of hydrogen-bond donors (Lipinski definition) is 1. The summed E-state index contributed by atoms with van der Waals surface area (Å²) in [6, 6.07) is 0.460. The van der Waals surface area contributed by atoms with Crippen molar-refractivity contribution in [1.29, 1.82) is 0 Å². The normalized spacial score (nSPS) is 22.7. The van der Waals surface area contributed by atoms with E-state index >= 15 is 0 Å². The maximum atomic E-state index is 5.94. The Balaban J connectivity index is 2.70. The Morgan fingerprint density at radius 1 is 1.28 bits per heavy atom. The highest BCUT2D eigenvalue weighted by molar-refractivity contribution is 4.95. The molecule has 1 fully saturated rings. The highest BCUT2D eigenvalue weighted by Crippen LogP contribution is 2.32. The third-order valence-corrected chi connectivity index (χ3v) is 4.36. The van der Waals surface area contributed by atoms with Crippen molar-refractivity contribution in [2.24, 2.45) is 5.92 Å². The molecule has 1 N–H and O–H groups in total. The molecule has 0 aliphatic carbocycles. The van der Waals surface area contributed by atoms with Gasteiger partial charge in [-0.05, 0) is 25.3 Å². The summed E-state index contributed by atoms with van der Waals surface area (Å²) in [5.74, 6) is 0.745. The summed E-state index contributed by atoms with van der Waals surface area (Å²) in [5, 5.41) is 3.72. The first kappa shape index (κ1) is 15.9. The fraction of sp³-hybridized carbons (Fsp3) is 1.00. The minimum absolute atomic E-state index is 0.0170. The highest BCUT2D eigenvalue weighted by Gasteiger charge is 2.40. The number of ether oxygens (including phenoxy) is 2. The Morgan fingerprint density at radius 3 is 2.44 bits per heavy atom. The van der Waals surface area contributed by atoms with Gasteiger partial charge in [0.25, 0.3) is 0 Å². The largest absolute Gasteiger partial charge is 0.381 e. The lowest BCUT2D eigenvalue weighted by molar-refractivity contribution is -0.113. The van der Waals surface area contributed by atoms with Crippen LogP contribution in [0.5, 0.6) is 0 Å². The SMILES string of the molecule is CCCNC(CC(C)CC)C1(OC)CCOCC1. The van der Waals surface area contributed by atoms with Crippen molar-refractivity contribution >= 4 is 0 Å². The van der Waals surface area contributed by atoms with Gasteiger partial charge in [-0.25, -0.2) is 0 Å². The van der Waals surface area contributed by atoms with Gasteiger partial charge < -0.3 is 14.8 Å². The van der Waals surface area contributed by atoms with Crippen molar-refractivity contribution in [3.63, 3.8) is 0 Å². The van der Waals surface area contributed by atoms with E-state index in [9.17, 15) is 0 Å². The number of hydrogen-bond acceptors (Lipinski definition) is 3. The predicted octanol–water partition coefficient (Wildman–Crippen LogP) is 2.99. The van der Waals surface area contributed by atoms with Crippen molar-refractivity contribution in [2.75, 3.05) is 26.9 Å². The Labute approximate surface area is 113 Å². The molecule has 0 spiro atoms. The molecule has 108 valence electrons. The van der Waals surface area contributed by atoms with Gasteiger partial charge in [0.2, 0.25) is 0 Å². The molecular weight excluding hydrogens is 226 g/mol. The molecule has 0 saturated carbocycles. The Kier molecular flexibility index (Phi) is 7.20. The third kappa shape index (κ3) is 4.22. The van der Waals surface area contributed by atoms with Crippen LogP contribution in [0, 0.1) is 5.92 Å². The Hall–Kier alpha value is -0.120. The maximum absolute atomic E-state index is 5.94. The lowest BCUT2D eigenvalue weighted by Crippen LogP contribution is -2.55. The van der Waals surface area contributed by atoms with Gasteiger partial charge in [0.05, 0.1) is 5.60 Å². The van der Waals surface area contributed by atoms with Gasteiger partial charge in [0.1, 0.15) is 0 Å². The van der Waals surface area contributed by atoms with E-state index in [2.05, 4.69) is 26.1 Å². The molecule has 3 nitrogen and oxygen atoms in total. The molecule has 1 aliphatic heterocycles. The first-order valence-electron chi connectivity index (χ1n) is 7.54. The average Bonchev–Trinajstić information content (AvgIpc) is 2.43. The minimum atomic E-state index is -0.0170. The van der Waals surface area contributed by atoms with Gasteiger partial charge in [-0.1, -0.05) is 27.2 Å². The second-order valence-corrected chi connectivity index (χ2v) is 5.64. The predicted molar refractivity (Wildman–Crippen MR) is 75.9 cm³/mol. The second kappa shape index (κ2) is 8.13. The average molecular weight is 257 g/mol. The molecule has 0 aromatic carbocycles. The lowest BCUT2D eigenvalue weighted by Gasteiger charge is -2.43. The molecule has 1 aliphatic rings. The van der Waals surface area contributed by atoms with Crippen molar-refractivity contribution in [2.45, 2.75) is 64.5 Å². The van der Waals surface area contributed by atoms with E-state index in [1.807, 2.05) is 7.11 Å². The van der Waals surface area contributed by atoms with Crippen LogP contribution in [0.25, 0.3) is 0 Å². The number of nitrogens with one attached hydrogen (secondary N) is 1. The van der Waals surface area contributed by atoms with Crippen molar-refractivity contribution in [3.05, 3.63) is 0 Å². The first-order chi connectivity index (χ1) is 8.68. The van der Waals surface area contributed by atoms with E-state index in [-0.39, 0.29) is 5.60 Å². The molecule has 1 heterocycles. The van der Waals surface area contributed by atoms with Gasteiger partial charge in [-0.15, -0.1) is 0 Å². The Morgan fingerprint density at radius 2 is 1.94 bits per heavy atom. The van der Waals surface area contributed by atoms with Crippen LogP contribution < -0.4 is 5.32 Å². The third-order valence-electron chi connectivity index (χ3n) is 4.36. The standard InChI is InChI=1S/C15H31NO2/c1-5-9-16-14(12-13(3)6-2)15(17-4)7-10-18-11-8-15/h13-14,16H,5-12H2,1-4H3. The van der Waals surface area contributed by atoms with Crippen molar-refractivity contribution < 1.29 is 9.47 Å². The highest BCUT2D eigenvalue weighted by atomic mass is 16.5.